The summed E-state index contributed by atoms with van der Waals surface area (Å²) >= 11 is 14.0. The molecule has 10 heteroatoms. The monoisotopic (exact) mass is 497 g/mol. The molecule has 7 nitrogen and oxygen atoms in total. The number of hydrogen-bond donors (Lipinski definition) is 2. The Balaban J connectivity index is 1.26. The number of rotatable bonds is 3. The summed E-state index contributed by atoms with van der Waals surface area (Å²) in [6.07, 6.45) is 3.84. The third-order valence-electron chi connectivity index (χ3n) is 6.12. The van der Waals surface area contributed by atoms with Crippen LogP contribution >= 0.6 is 35.0 Å². The van der Waals surface area contributed by atoms with Crippen LogP contribution in [0.15, 0.2) is 47.6 Å². The minimum atomic E-state index is -0.250. The van der Waals surface area contributed by atoms with Crippen molar-refractivity contribution in [1.29, 1.82) is 0 Å². The fourth-order valence-corrected chi connectivity index (χ4v) is 5.96. The summed E-state index contributed by atoms with van der Waals surface area (Å²) in [5, 5.41) is 7.73. The number of halogens is 2. The lowest BCUT2D eigenvalue weighted by atomic mass is 9.91. The molecule has 2 N–H and O–H groups in total. The first-order valence-corrected chi connectivity index (χ1v) is 12.1. The maximum absolute atomic E-state index is 13.1. The third kappa shape index (κ3) is 3.53. The number of aromatic nitrogens is 2. The summed E-state index contributed by atoms with van der Waals surface area (Å²) in [5.74, 6) is 0.529. The SMILES string of the molecule is O=C1Cc2cc(Nc3ncc4c(n3)SCN(c3c(Cl)cccc3Cl)C4=O)ccc2C2(CC2)N1. The van der Waals surface area contributed by atoms with Crippen LogP contribution in [0, 0.1) is 0 Å². The van der Waals surface area contributed by atoms with Crippen molar-refractivity contribution in [3.05, 3.63) is 69.3 Å². The van der Waals surface area contributed by atoms with E-state index in [0.717, 1.165) is 24.1 Å². The number of fused-ring (bicyclic) bond motifs is 3. The Morgan fingerprint density at radius 1 is 1.12 bits per heavy atom. The van der Waals surface area contributed by atoms with Gasteiger partial charge in [-0.3, -0.25) is 14.5 Å². The molecule has 0 radical (unpaired) electrons. The highest BCUT2D eigenvalue weighted by Crippen LogP contribution is 2.49. The van der Waals surface area contributed by atoms with Crippen LogP contribution in [-0.2, 0) is 16.8 Å². The van der Waals surface area contributed by atoms with E-state index in [1.54, 1.807) is 18.2 Å². The molecule has 3 aliphatic rings. The molecule has 166 valence electrons. The number of carbonyl (C=O) groups is 2. The van der Waals surface area contributed by atoms with Gasteiger partial charge in [0.25, 0.3) is 5.91 Å². The van der Waals surface area contributed by atoms with Gasteiger partial charge in [0.1, 0.15) is 5.03 Å². The molecule has 1 aromatic heterocycles. The zero-order chi connectivity index (χ0) is 22.7. The van der Waals surface area contributed by atoms with E-state index in [4.69, 9.17) is 23.2 Å². The number of nitrogens with one attached hydrogen (secondary N) is 2. The first kappa shape index (κ1) is 20.8. The summed E-state index contributed by atoms with van der Waals surface area (Å²) < 4.78 is 0. The van der Waals surface area contributed by atoms with Gasteiger partial charge in [0.2, 0.25) is 11.9 Å². The van der Waals surface area contributed by atoms with E-state index in [0.29, 0.717) is 44.6 Å². The average molecular weight is 498 g/mol. The number of hydrogen-bond acceptors (Lipinski definition) is 6. The predicted octanol–water partition coefficient (Wildman–Crippen LogP) is 4.90. The van der Waals surface area contributed by atoms with Gasteiger partial charge in [-0.25, -0.2) is 9.97 Å². The molecule has 1 aliphatic carbocycles. The highest BCUT2D eigenvalue weighted by Gasteiger charge is 2.49. The fraction of sp³-hybridized carbons (Fsp3) is 0.217. The molecule has 0 saturated heterocycles. The van der Waals surface area contributed by atoms with Crippen LogP contribution in [0.3, 0.4) is 0 Å². The summed E-state index contributed by atoms with van der Waals surface area (Å²) in [6, 6.07) is 11.2. The number of benzene rings is 2. The third-order valence-corrected chi connectivity index (χ3v) is 7.71. The van der Waals surface area contributed by atoms with E-state index in [-0.39, 0.29) is 17.4 Å². The van der Waals surface area contributed by atoms with Gasteiger partial charge in [-0.05, 0) is 48.2 Å². The summed E-state index contributed by atoms with van der Waals surface area (Å²) in [6.45, 7) is 0. The first-order valence-electron chi connectivity index (χ1n) is 10.4. The number of nitrogens with zero attached hydrogens (tertiary/aromatic N) is 3. The molecule has 1 fully saturated rings. The average Bonchev–Trinajstić information content (AvgIpc) is 3.54. The summed E-state index contributed by atoms with van der Waals surface area (Å²) in [4.78, 5) is 35.6. The molecule has 0 atom stereocenters. The van der Waals surface area contributed by atoms with E-state index in [1.807, 2.05) is 12.1 Å². The van der Waals surface area contributed by atoms with E-state index in [9.17, 15) is 9.59 Å². The van der Waals surface area contributed by atoms with Crippen LogP contribution < -0.4 is 15.5 Å². The second-order valence-corrected chi connectivity index (χ2v) is 10.0. The Morgan fingerprint density at radius 3 is 2.67 bits per heavy atom. The van der Waals surface area contributed by atoms with Gasteiger partial charge in [-0.1, -0.05) is 47.1 Å². The van der Waals surface area contributed by atoms with E-state index < -0.39 is 0 Å². The molecule has 6 rings (SSSR count). The lowest BCUT2D eigenvalue weighted by molar-refractivity contribution is -0.122. The topological polar surface area (TPSA) is 87.2 Å². The summed E-state index contributed by atoms with van der Waals surface area (Å²) in [7, 11) is 0. The maximum atomic E-state index is 13.1. The smallest absolute Gasteiger partial charge is 0.263 e. The molecule has 2 amide bonds. The van der Waals surface area contributed by atoms with Crippen LogP contribution in [0.2, 0.25) is 10.0 Å². The van der Waals surface area contributed by atoms with Crippen molar-refractivity contribution in [2.24, 2.45) is 0 Å². The second kappa shape index (κ2) is 7.62. The number of anilines is 3. The molecular weight excluding hydrogens is 481 g/mol. The van der Waals surface area contributed by atoms with Crippen LogP contribution in [0.25, 0.3) is 0 Å². The maximum Gasteiger partial charge on any atom is 0.263 e. The van der Waals surface area contributed by atoms with Crippen molar-refractivity contribution in [2.75, 3.05) is 16.1 Å². The Morgan fingerprint density at radius 2 is 1.91 bits per heavy atom. The molecule has 33 heavy (non-hydrogen) atoms. The molecule has 3 heterocycles. The van der Waals surface area contributed by atoms with Crippen molar-refractivity contribution in [1.82, 2.24) is 15.3 Å². The minimum Gasteiger partial charge on any atom is -0.346 e. The Bertz CT molecular complexity index is 1320. The fourth-order valence-electron chi connectivity index (χ4n) is 4.41. The quantitative estimate of drug-likeness (QED) is 0.500. The lowest BCUT2D eigenvalue weighted by Crippen LogP contribution is -2.41. The van der Waals surface area contributed by atoms with E-state index in [2.05, 4.69) is 26.7 Å². The highest BCUT2D eigenvalue weighted by atomic mass is 35.5. The van der Waals surface area contributed by atoms with Gasteiger partial charge < -0.3 is 10.6 Å². The van der Waals surface area contributed by atoms with Gasteiger partial charge in [-0.15, -0.1) is 0 Å². The van der Waals surface area contributed by atoms with Crippen molar-refractivity contribution in [2.45, 2.75) is 29.8 Å². The predicted molar refractivity (Wildman–Crippen MR) is 129 cm³/mol. The lowest BCUT2D eigenvalue weighted by Gasteiger charge is -2.29. The molecule has 0 bridgehead atoms. The largest absolute Gasteiger partial charge is 0.346 e. The van der Waals surface area contributed by atoms with Gasteiger partial charge in [-0.2, -0.15) is 0 Å². The highest BCUT2D eigenvalue weighted by molar-refractivity contribution is 7.99. The van der Waals surface area contributed by atoms with Crippen molar-refractivity contribution in [3.8, 4) is 0 Å². The second-order valence-electron chi connectivity index (χ2n) is 8.29. The molecule has 3 aromatic rings. The standard InChI is InChI=1S/C23H17Cl2N5O2S/c24-16-2-1-3-17(25)19(16)30-11-33-20-14(21(30)32)10-26-22(28-20)27-13-4-5-15-12(8-13)9-18(31)29-23(15)6-7-23/h1-5,8,10H,6-7,9,11H2,(H,29,31)(H,26,27,28). The van der Waals surface area contributed by atoms with Crippen LogP contribution in [0.1, 0.15) is 34.3 Å². The zero-order valence-corrected chi connectivity index (χ0v) is 19.5. The molecule has 0 unspecified atom stereocenters. The number of carbonyl (C=O) groups excluding carboxylic acids is 2. The Hall–Kier alpha value is -2.81. The van der Waals surface area contributed by atoms with Crippen LogP contribution in [-0.4, -0.2) is 27.7 Å². The molecule has 2 aliphatic heterocycles. The van der Waals surface area contributed by atoms with Gasteiger partial charge >= 0.3 is 0 Å². The number of thioether (sulfide) groups is 1. The molecule has 1 spiro atoms. The van der Waals surface area contributed by atoms with E-state index in [1.165, 1.54) is 28.4 Å². The number of para-hydroxylation sites is 1. The normalized spacial score (nSPS) is 17.9. The van der Waals surface area contributed by atoms with Crippen molar-refractivity contribution < 1.29 is 9.59 Å². The molecular formula is C23H17Cl2N5O2S. The minimum absolute atomic E-state index is 0.0558. The first-order chi connectivity index (χ1) is 15.9. The van der Waals surface area contributed by atoms with Crippen LogP contribution in [0.5, 0.6) is 0 Å². The van der Waals surface area contributed by atoms with Crippen LogP contribution in [0.4, 0.5) is 17.3 Å². The number of amides is 2. The van der Waals surface area contributed by atoms with Crippen molar-refractivity contribution >= 4 is 64.1 Å². The molecule has 1 saturated carbocycles. The Kier molecular flexibility index (Phi) is 4.79. The molecule has 2 aromatic carbocycles. The van der Waals surface area contributed by atoms with Gasteiger partial charge in [0.05, 0.1) is 39.1 Å². The van der Waals surface area contributed by atoms with Gasteiger partial charge in [0, 0.05) is 11.9 Å². The van der Waals surface area contributed by atoms with Crippen molar-refractivity contribution in [3.63, 3.8) is 0 Å². The van der Waals surface area contributed by atoms with E-state index >= 15 is 0 Å². The zero-order valence-electron chi connectivity index (χ0n) is 17.2. The Labute approximate surface area is 203 Å². The van der Waals surface area contributed by atoms with Gasteiger partial charge in [0.15, 0.2) is 0 Å². The summed E-state index contributed by atoms with van der Waals surface area (Å²) in [5.41, 5.74) is 3.73.